The van der Waals surface area contributed by atoms with Crippen molar-refractivity contribution in [3.05, 3.63) is 30.1 Å². The molecule has 1 aromatic rings. The fraction of sp³-hybridized carbons (Fsp3) is 0.500. The molecule has 0 aliphatic heterocycles. The van der Waals surface area contributed by atoms with Crippen LogP contribution in [0.2, 0.25) is 0 Å². The minimum atomic E-state index is -0.569. The highest BCUT2D eigenvalue weighted by molar-refractivity contribution is 5.84. The molecule has 1 fully saturated rings. The minimum Gasteiger partial charge on any atom is -0.446 e. The molecule has 0 unspecified atom stereocenters. The van der Waals surface area contributed by atoms with Gasteiger partial charge in [0.25, 0.3) is 0 Å². The van der Waals surface area contributed by atoms with Crippen molar-refractivity contribution in [1.82, 2.24) is 10.6 Å². The molecule has 1 aromatic carbocycles. The van der Waals surface area contributed by atoms with E-state index in [0.717, 1.165) is 19.3 Å². The lowest BCUT2D eigenvalue weighted by Gasteiger charge is -2.29. The summed E-state index contributed by atoms with van der Waals surface area (Å²) in [5.41, 5.74) is 0.476. The van der Waals surface area contributed by atoms with Crippen molar-refractivity contribution in [3.63, 3.8) is 0 Å². The van der Waals surface area contributed by atoms with E-state index in [4.69, 9.17) is 4.74 Å². The molecule has 1 aliphatic rings. The number of ether oxygens (including phenoxy) is 1. The van der Waals surface area contributed by atoms with E-state index < -0.39 is 6.09 Å². The predicted octanol–water partition coefficient (Wildman–Crippen LogP) is 3.00. The van der Waals surface area contributed by atoms with Gasteiger partial charge < -0.3 is 15.4 Å². The Labute approximate surface area is 134 Å². The van der Waals surface area contributed by atoms with Gasteiger partial charge in [-0.2, -0.15) is 0 Å². The van der Waals surface area contributed by atoms with Gasteiger partial charge in [0, 0.05) is 24.7 Å². The fourth-order valence-corrected chi connectivity index (χ4v) is 2.61. The second-order valence-corrected chi connectivity index (χ2v) is 5.53. The van der Waals surface area contributed by atoms with E-state index in [0.29, 0.717) is 18.7 Å². The van der Waals surface area contributed by atoms with E-state index in [2.05, 4.69) is 16.0 Å². The van der Waals surface area contributed by atoms with Gasteiger partial charge in [0.1, 0.15) is 11.9 Å². The summed E-state index contributed by atoms with van der Waals surface area (Å²) in [4.78, 5) is 23.4. The van der Waals surface area contributed by atoms with E-state index in [1.807, 2.05) is 6.92 Å². The zero-order valence-corrected chi connectivity index (χ0v) is 13.1. The highest BCUT2D eigenvalue weighted by atomic mass is 19.1. The molecule has 1 aliphatic carbocycles. The SMILES string of the molecule is CCNC(=O)N[C@H]1CCC[C@H](OC(=O)Nc2ccc(F)cc2)C1. The Kier molecular flexibility index (Phi) is 6.19. The maximum absolute atomic E-state index is 12.8. The first kappa shape index (κ1) is 17.1. The highest BCUT2D eigenvalue weighted by Gasteiger charge is 2.25. The van der Waals surface area contributed by atoms with Crippen molar-refractivity contribution in [2.45, 2.75) is 44.8 Å². The van der Waals surface area contributed by atoms with Crippen LogP contribution < -0.4 is 16.0 Å². The number of hydrogen-bond acceptors (Lipinski definition) is 3. The van der Waals surface area contributed by atoms with Gasteiger partial charge in [0.05, 0.1) is 0 Å². The fourth-order valence-electron chi connectivity index (χ4n) is 2.61. The second kappa shape index (κ2) is 8.36. The Morgan fingerprint density at radius 1 is 1.26 bits per heavy atom. The van der Waals surface area contributed by atoms with E-state index >= 15 is 0 Å². The molecule has 1 saturated carbocycles. The van der Waals surface area contributed by atoms with Gasteiger partial charge in [-0.05, 0) is 50.5 Å². The molecule has 3 N–H and O–H groups in total. The molecule has 6 nitrogen and oxygen atoms in total. The summed E-state index contributed by atoms with van der Waals surface area (Å²) in [5, 5.41) is 8.13. The van der Waals surface area contributed by atoms with Crippen molar-refractivity contribution in [2.24, 2.45) is 0 Å². The van der Waals surface area contributed by atoms with Crippen molar-refractivity contribution >= 4 is 17.8 Å². The summed E-state index contributed by atoms with van der Waals surface area (Å²) >= 11 is 0. The molecule has 7 heteroatoms. The number of carbonyl (C=O) groups is 2. The molecule has 0 saturated heterocycles. The van der Waals surface area contributed by atoms with Gasteiger partial charge in [-0.15, -0.1) is 0 Å². The number of anilines is 1. The van der Waals surface area contributed by atoms with Gasteiger partial charge in [0.15, 0.2) is 0 Å². The van der Waals surface area contributed by atoms with Crippen LogP contribution in [0, 0.1) is 5.82 Å². The number of halogens is 1. The maximum atomic E-state index is 12.8. The third kappa shape index (κ3) is 5.77. The van der Waals surface area contributed by atoms with Crippen LogP contribution in [0.25, 0.3) is 0 Å². The average molecular weight is 323 g/mol. The molecule has 23 heavy (non-hydrogen) atoms. The first-order valence-corrected chi connectivity index (χ1v) is 7.84. The smallest absolute Gasteiger partial charge is 0.411 e. The molecule has 0 heterocycles. The van der Waals surface area contributed by atoms with Crippen LogP contribution in [-0.2, 0) is 4.74 Å². The summed E-state index contributed by atoms with van der Waals surface area (Å²) in [6, 6.07) is 5.27. The summed E-state index contributed by atoms with van der Waals surface area (Å²) < 4.78 is 18.2. The third-order valence-corrected chi connectivity index (χ3v) is 3.66. The van der Waals surface area contributed by atoms with Gasteiger partial charge in [-0.1, -0.05) is 0 Å². The van der Waals surface area contributed by atoms with Gasteiger partial charge in [-0.25, -0.2) is 14.0 Å². The summed E-state index contributed by atoms with van der Waals surface area (Å²) in [7, 11) is 0. The quantitative estimate of drug-likeness (QED) is 0.797. The molecule has 0 bridgehead atoms. The maximum Gasteiger partial charge on any atom is 0.411 e. The third-order valence-electron chi connectivity index (χ3n) is 3.66. The van der Waals surface area contributed by atoms with Gasteiger partial charge in [0.2, 0.25) is 0 Å². The predicted molar refractivity (Wildman–Crippen MR) is 84.8 cm³/mol. The summed E-state index contributed by atoms with van der Waals surface area (Å²) in [6.45, 7) is 2.42. The van der Waals surface area contributed by atoms with Crippen molar-refractivity contribution in [1.29, 1.82) is 0 Å². The van der Waals surface area contributed by atoms with Crippen LogP contribution >= 0.6 is 0 Å². The van der Waals surface area contributed by atoms with Crippen LogP contribution in [0.4, 0.5) is 19.7 Å². The zero-order chi connectivity index (χ0) is 16.7. The minimum absolute atomic E-state index is 0.000999. The summed E-state index contributed by atoms with van der Waals surface area (Å²) in [6.07, 6.45) is 2.30. The number of hydrogen-bond donors (Lipinski definition) is 3. The molecule has 0 aromatic heterocycles. The zero-order valence-electron chi connectivity index (χ0n) is 13.1. The Balaban J connectivity index is 1.78. The lowest BCUT2D eigenvalue weighted by molar-refractivity contribution is 0.0776. The first-order valence-electron chi connectivity index (χ1n) is 7.84. The van der Waals surface area contributed by atoms with Crippen LogP contribution in [-0.4, -0.2) is 30.8 Å². The highest BCUT2D eigenvalue weighted by Crippen LogP contribution is 2.22. The van der Waals surface area contributed by atoms with E-state index in [1.165, 1.54) is 24.3 Å². The van der Waals surface area contributed by atoms with E-state index in [1.54, 1.807) is 0 Å². The van der Waals surface area contributed by atoms with E-state index in [-0.39, 0.29) is 24.0 Å². The number of amides is 3. The largest absolute Gasteiger partial charge is 0.446 e. The van der Waals surface area contributed by atoms with Crippen LogP contribution in [0.3, 0.4) is 0 Å². The molecule has 2 rings (SSSR count). The number of urea groups is 1. The molecule has 3 amide bonds. The lowest BCUT2D eigenvalue weighted by Crippen LogP contribution is -2.45. The standard InChI is InChI=1S/C16H22FN3O3/c1-2-18-15(21)19-13-4-3-5-14(10-13)23-16(22)20-12-8-6-11(17)7-9-12/h6-9,13-14H,2-5,10H2,1H3,(H,20,22)(H2,18,19,21)/t13-,14-/m0/s1. The Morgan fingerprint density at radius 2 is 2.00 bits per heavy atom. The Morgan fingerprint density at radius 3 is 2.70 bits per heavy atom. The van der Waals surface area contributed by atoms with Crippen LogP contribution in [0.5, 0.6) is 0 Å². The number of rotatable bonds is 4. The topological polar surface area (TPSA) is 79.5 Å². The van der Waals surface area contributed by atoms with Crippen LogP contribution in [0.1, 0.15) is 32.6 Å². The van der Waals surface area contributed by atoms with E-state index in [9.17, 15) is 14.0 Å². The number of benzene rings is 1. The first-order chi connectivity index (χ1) is 11.1. The van der Waals surface area contributed by atoms with Gasteiger partial charge in [-0.3, -0.25) is 5.32 Å². The molecular formula is C16H22FN3O3. The van der Waals surface area contributed by atoms with Gasteiger partial charge >= 0.3 is 12.1 Å². The average Bonchev–Trinajstić information content (AvgIpc) is 2.50. The van der Waals surface area contributed by atoms with Crippen molar-refractivity contribution in [3.8, 4) is 0 Å². The Bertz CT molecular complexity index is 536. The van der Waals surface area contributed by atoms with Crippen molar-refractivity contribution in [2.75, 3.05) is 11.9 Å². The summed E-state index contributed by atoms with van der Waals surface area (Å²) in [5.74, 6) is -0.365. The molecule has 126 valence electrons. The molecule has 0 spiro atoms. The lowest BCUT2D eigenvalue weighted by atomic mass is 9.93. The number of nitrogens with one attached hydrogen (secondary N) is 3. The molecular weight excluding hydrogens is 301 g/mol. The molecule has 2 atom stereocenters. The van der Waals surface area contributed by atoms with Crippen LogP contribution in [0.15, 0.2) is 24.3 Å². The van der Waals surface area contributed by atoms with Crippen molar-refractivity contribution < 1.29 is 18.7 Å². The Hall–Kier alpha value is -2.31. The monoisotopic (exact) mass is 323 g/mol. The molecule has 0 radical (unpaired) electrons. The second-order valence-electron chi connectivity index (χ2n) is 5.53. The normalized spacial score (nSPS) is 20.4. The number of carbonyl (C=O) groups excluding carboxylic acids is 2.